The van der Waals surface area contributed by atoms with Crippen LogP contribution in [0.5, 0.6) is 5.75 Å². The number of benzene rings is 1. The van der Waals surface area contributed by atoms with Crippen LogP contribution in [0.4, 0.5) is 0 Å². The van der Waals surface area contributed by atoms with E-state index in [1.807, 2.05) is 32.0 Å². The highest BCUT2D eigenvalue weighted by molar-refractivity contribution is 6.01. The molecule has 3 N–H and O–H groups in total. The van der Waals surface area contributed by atoms with Gasteiger partial charge in [-0.25, -0.2) is 0 Å². The number of nitrogens with one attached hydrogen (secondary N) is 3. The molecule has 2 atom stereocenters. The number of carbonyl (C=O) groups excluding carboxylic acids is 4. The molecule has 1 aliphatic heterocycles. The molecule has 0 saturated carbocycles. The van der Waals surface area contributed by atoms with Crippen LogP contribution >= 0.6 is 0 Å². The van der Waals surface area contributed by atoms with E-state index in [9.17, 15) is 19.2 Å². The molecular weight excluding hydrogens is 474 g/mol. The summed E-state index contributed by atoms with van der Waals surface area (Å²) in [6, 6.07) is 10.3. The van der Waals surface area contributed by atoms with E-state index in [2.05, 4.69) is 20.9 Å². The molecule has 0 saturated heterocycles. The fraction of sp³-hybridized carbons (Fsp3) is 0.444. The Balaban J connectivity index is 1.82. The van der Waals surface area contributed by atoms with Crippen LogP contribution in [0.2, 0.25) is 0 Å². The molecule has 0 fully saturated rings. The van der Waals surface area contributed by atoms with Gasteiger partial charge >= 0.3 is 0 Å². The van der Waals surface area contributed by atoms with Crippen LogP contribution in [0.25, 0.3) is 0 Å². The lowest BCUT2D eigenvalue weighted by Gasteiger charge is -2.27. The van der Waals surface area contributed by atoms with Gasteiger partial charge in [0.15, 0.2) is 0 Å². The topological polar surface area (TPSA) is 130 Å². The summed E-state index contributed by atoms with van der Waals surface area (Å²) in [6.45, 7) is 4.64. The molecule has 1 aliphatic rings. The number of nitrogens with zero attached hydrogens (tertiary/aromatic N) is 2. The number of fused-ring (bicyclic) bond motifs is 1. The number of hydrogen-bond acceptors (Lipinski definition) is 6. The van der Waals surface area contributed by atoms with E-state index in [4.69, 9.17) is 4.74 Å². The van der Waals surface area contributed by atoms with Gasteiger partial charge in [0, 0.05) is 31.9 Å². The highest BCUT2D eigenvalue weighted by Gasteiger charge is 2.30. The molecule has 1 aromatic carbocycles. The normalized spacial score (nSPS) is 19.2. The Bertz CT molecular complexity index is 1090. The standard InChI is InChI=1S/C27H35N5O5/c1-18(2)16-22-27(36)32(3)14-15-37-23-10-5-4-9-20(23)25(34)31-21(17-24(33)30-22)26(35)29-13-11-19-8-6-7-12-28-19/h4-10,12,18,21-22H,11,13-17H2,1-3H3,(H,29,35)(H,30,33)(H,31,34)/t21-,22-/m0/s1. The van der Waals surface area contributed by atoms with E-state index < -0.39 is 29.8 Å². The van der Waals surface area contributed by atoms with Crippen molar-refractivity contribution in [2.75, 3.05) is 26.7 Å². The van der Waals surface area contributed by atoms with Gasteiger partial charge in [0.1, 0.15) is 24.4 Å². The number of aromatic nitrogens is 1. The van der Waals surface area contributed by atoms with Crippen LogP contribution in [0.15, 0.2) is 48.7 Å². The molecule has 1 aromatic heterocycles. The van der Waals surface area contributed by atoms with Crippen molar-refractivity contribution in [1.82, 2.24) is 25.8 Å². The van der Waals surface area contributed by atoms with Crippen molar-refractivity contribution in [3.8, 4) is 5.75 Å². The minimum atomic E-state index is -1.15. The quantitative estimate of drug-likeness (QED) is 0.539. The molecule has 0 bridgehead atoms. The van der Waals surface area contributed by atoms with Crippen LogP contribution < -0.4 is 20.7 Å². The molecule has 2 aromatic rings. The Kier molecular flexibility index (Phi) is 10.00. The van der Waals surface area contributed by atoms with E-state index in [0.717, 1.165) is 5.69 Å². The number of amides is 4. The third-order valence-corrected chi connectivity index (χ3v) is 5.95. The molecule has 0 unspecified atom stereocenters. The maximum Gasteiger partial charge on any atom is 0.255 e. The Labute approximate surface area is 217 Å². The molecule has 10 heteroatoms. The second-order valence-electron chi connectivity index (χ2n) is 9.45. The second-order valence-corrected chi connectivity index (χ2v) is 9.45. The molecule has 3 rings (SSSR count). The lowest BCUT2D eigenvalue weighted by Crippen LogP contribution is -2.53. The van der Waals surface area contributed by atoms with Crippen LogP contribution in [0, 0.1) is 5.92 Å². The number of pyridine rings is 1. The third-order valence-electron chi connectivity index (χ3n) is 5.95. The number of hydrogen-bond donors (Lipinski definition) is 3. The average Bonchev–Trinajstić information content (AvgIpc) is 2.87. The zero-order valence-corrected chi connectivity index (χ0v) is 21.5. The van der Waals surface area contributed by atoms with Crippen molar-refractivity contribution in [3.63, 3.8) is 0 Å². The summed E-state index contributed by atoms with van der Waals surface area (Å²) in [5, 5.41) is 8.23. The Morgan fingerprint density at radius 3 is 2.62 bits per heavy atom. The summed E-state index contributed by atoms with van der Waals surface area (Å²) in [5.41, 5.74) is 1.04. The largest absolute Gasteiger partial charge is 0.491 e. The van der Waals surface area contributed by atoms with Gasteiger partial charge in [-0.05, 0) is 36.6 Å². The van der Waals surface area contributed by atoms with Crippen LogP contribution in [0.1, 0.15) is 42.7 Å². The minimum Gasteiger partial charge on any atom is -0.491 e. The van der Waals surface area contributed by atoms with E-state index in [-0.39, 0.29) is 43.5 Å². The SMILES string of the molecule is CC(C)C[C@@H]1NC(=O)C[C@@H](C(=O)NCCc2ccccn2)NC(=O)c2ccccc2OCCN(C)C1=O. The number of likely N-dealkylation sites (N-methyl/N-ethyl adjacent to an activating group) is 1. The van der Waals surface area contributed by atoms with Crippen LogP contribution in [0.3, 0.4) is 0 Å². The van der Waals surface area contributed by atoms with Crippen molar-refractivity contribution in [3.05, 3.63) is 59.9 Å². The molecule has 0 spiro atoms. The summed E-state index contributed by atoms with van der Waals surface area (Å²) in [6.07, 6.45) is 2.28. The van der Waals surface area contributed by atoms with Gasteiger partial charge in [-0.3, -0.25) is 24.2 Å². The summed E-state index contributed by atoms with van der Waals surface area (Å²) in [4.78, 5) is 58.0. The zero-order valence-electron chi connectivity index (χ0n) is 21.5. The van der Waals surface area contributed by atoms with Crippen molar-refractivity contribution < 1.29 is 23.9 Å². The van der Waals surface area contributed by atoms with E-state index in [0.29, 0.717) is 18.6 Å². The summed E-state index contributed by atoms with van der Waals surface area (Å²) >= 11 is 0. The summed E-state index contributed by atoms with van der Waals surface area (Å²) < 4.78 is 5.82. The minimum absolute atomic E-state index is 0.148. The molecule has 4 amide bonds. The lowest BCUT2D eigenvalue weighted by atomic mass is 10.0. The van der Waals surface area contributed by atoms with E-state index in [1.54, 1.807) is 37.5 Å². The summed E-state index contributed by atoms with van der Waals surface area (Å²) in [5.74, 6) is -1.30. The average molecular weight is 510 g/mol. The molecule has 0 aliphatic carbocycles. The summed E-state index contributed by atoms with van der Waals surface area (Å²) in [7, 11) is 1.65. The predicted molar refractivity (Wildman–Crippen MR) is 138 cm³/mol. The fourth-order valence-corrected chi connectivity index (χ4v) is 4.01. The van der Waals surface area contributed by atoms with E-state index >= 15 is 0 Å². The van der Waals surface area contributed by atoms with Gasteiger partial charge < -0.3 is 25.6 Å². The van der Waals surface area contributed by atoms with Gasteiger partial charge in [-0.1, -0.05) is 32.0 Å². The van der Waals surface area contributed by atoms with Crippen LogP contribution in [-0.2, 0) is 20.8 Å². The molecule has 0 radical (unpaired) electrons. The highest BCUT2D eigenvalue weighted by Crippen LogP contribution is 2.19. The first kappa shape index (κ1) is 27.6. The van der Waals surface area contributed by atoms with Crippen molar-refractivity contribution in [2.24, 2.45) is 5.92 Å². The molecule has 2 heterocycles. The fourth-order valence-electron chi connectivity index (χ4n) is 4.01. The number of carbonyl (C=O) groups is 4. The maximum absolute atomic E-state index is 13.1. The first-order valence-corrected chi connectivity index (χ1v) is 12.5. The van der Waals surface area contributed by atoms with Crippen molar-refractivity contribution in [1.29, 1.82) is 0 Å². The van der Waals surface area contributed by atoms with Crippen molar-refractivity contribution >= 4 is 23.6 Å². The van der Waals surface area contributed by atoms with Crippen molar-refractivity contribution in [2.45, 2.75) is 45.2 Å². The Hall–Kier alpha value is -3.95. The maximum atomic E-state index is 13.1. The first-order chi connectivity index (χ1) is 17.7. The van der Waals surface area contributed by atoms with Gasteiger partial charge in [0.05, 0.1) is 18.5 Å². The van der Waals surface area contributed by atoms with E-state index in [1.165, 1.54) is 4.90 Å². The monoisotopic (exact) mass is 509 g/mol. The lowest BCUT2D eigenvalue weighted by molar-refractivity contribution is -0.136. The molecule has 10 nitrogen and oxygen atoms in total. The van der Waals surface area contributed by atoms with Crippen LogP contribution in [-0.4, -0.2) is 72.3 Å². The Morgan fingerprint density at radius 1 is 1.14 bits per heavy atom. The van der Waals surface area contributed by atoms with Gasteiger partial charge in [0.25, 0.3) is 5.91 Å². The number of para-hydroxylation sites is 1. The highest BCUT2D eigenvalue weighted by atomic mass is 16.5. The number of ether oxygens (including phenoxy) is 1. The third kappa shape index (κ3) is 8.30. The van der Waals surface area contributed by atoms with Gasteiger partial charge in [-0.2, -0.15) is 0 Å². The second kappa shape index (κ2) is 13.4. The molecular formula is C27H35N5O5. The first-order valence-electron chi connectivity index (χ1n) is 12.5. The Morgan fingerprint density at radius 2 is 1.89 bits per heavy atom. The molecule has 198 valence electrons. The predicted octanol–water partition coefficient (Wildman–Crippen LogP) is 1.31. The number of rotatable bonds is 6. The van der Waals surface area contributed by atoms with Gasteiger partial charge in [-0.15, -0.1) is 0 Å². The van der Waals surface area contributed by atoms with Gasteiger partial charge in [0.2, 0.25) is 17.7 Å². The molecule has 37 heavy (non-hydrogen) atoms. The zero-order chi connectivity index (χ0) is 26.8. The smallest absolute Gasteiger partial charge is 0.255 e.